The molecule has 2 aliphatic heterocycles. The Hall–Kier alpha value is -8.34. The lowest BCUT2D eigenvalue weighted by Crippen LogP contribution is -2.27. The van der Waals surface area contributed by atoms with E-state index in [2.05, 4.69) is 223 Å². The van der Waals surface area contributed by atoms with Gasteiger partial charge in [0, 0.05) is 17.0 Å². The van der Waals surface area contributed by atoms with E-state index >= 15 is 0 Å². The van der Waals surface area contributed by atoms with E-state index in [9.17, 15) is 0 Å². The maximum Gasteiger partial charge on any atom is 0.151 e. The molecule has 0 N–H and O–H groups in total. The number of allylic oxidation sites excluding steroid dienone is 3. The Kier molecular flexibility index (Phi) is 7.91. The molecule has 2 heterocycles. The highest BCUT2D eigenvalue weighted by Crippen LogP contribution is 2.64. The third kappa shape index (κ3) is 5.15. The molecule has 0 amide bonds. The largest absolute Gasteiger partial charge is 0.457 e. The molecule has 312 valence electrons. The van der Waals surface area contributed by atoms with Crippen LogP contribution in [0, 0.1) is 5.92 Å². The number of rotatable bonds is 4. The molecule has 0 aromatic heterocycles. The number of nitrogens with zero attached hydrogens (tertiary/aromatic N) is 2. The number of hydrogen-bond donors (Lipinski definition) is 0. The van der Waals surface area contributed by atoms with Crippen LogP contribution in [0.4, 0.5) is 28.4 Å². The van der Waals surface area contributed by atoms with E-state index < -0.39 is 5.41 Å². The molecule has 0 fully saturated rings. The van der Waals surface area contributed by atoms with Crippen LogP contribution in [-0.4, -0.2) is 0 Å². The topological polar surface area (TPSA) is 24.9 Å². The summed E-state index contributed by atoms with van der Waals surface area (Å²) in [6.07, 6.45) is 10.1. The molecule has 1 atom stereocenters. The molecule has 0 bridgehead atoms. The number of hydrogen-bond acceptors (Lipinski definition) is 4. The predicted octanol–water partition coefficient (Wildman–Crippen LogP) is 16.3. The fourth-order valence-corrected chi connectivity index (χ4v) is 11.6. The molecule has 14 rings (SSSR count). The fraction of sp³-hybridized carbons (Fsp3) is 0.0645. The maximum absolute atomic E-state index is 6.58. The first-order valence-corrected chi connectivity index (χ1v) is 23.0. The van der Waals surface area contributed by atoms with Crippen LogP contribution in [0.3, 0.4) is 0 Å². The van der Waals surface area contributed by atoms with E-state index in [1.54, 1.807) is 0 Å². The van der Waals surface area contributed by atoms with Crippen molar-refractivity contribution >= 4 is 51.4 Å². The summed E-state index contributed by atoms with van der Waals surface area (Å²) in [6.45, 7) is 2.25. The van der Waals surface area contributed by atoms with Gasteiger partial charge in [0.25, 0.3) is 0 Å². The second kappa shape index (κ2) is 14.1. The molecule has 0 unspecified atom stereocenters. The second-order valence-electron chi connectivity index (χ2n) is 18.0. The van der Waals surface area contributed by atoms with Gasteiger partial charge in [0.1, 0.15) is 5.76 Å². The molecule has 5 aliphatic rings. The average molecular weight is 847 g/mol. The molecule has 4 heteroatoms. The van der Waals surface area contributed by atoms with Crippen molar-refractivity contribution in [2.45, 2.75) is 18.8 Å². The first-order chi connectivity index (χ1) is 32.6. The normalized spacial score (nSPS) is 16.5. The van der Waals surface area contributed by atoms with Gasteiger partial charge in [-0.2, -0.15) is 0 Å². The quantitative estimate of drug-likeness (QED) is 0.165. The highest BCUT2D eigenvalue weighted by atomic mass is 16.5. The van der Waals surface area contributed by atoms with Gasteiger partial charge in [0.05, 0.1) is 33.9 Å². The minimum Gasteiger partial charge on any atom is -0.457 e. The summed E-state index contributed by atoms with van der Waals surface area (Å²) in [6, 6.07) is 70.7. The molecule has 9 aromatic carbocycles. The molecular formula is C62H42N2O2. The second-order valence-corrected chi connectivity index (χ2v) is 18.0. The third-order valence-corrected chi connectivity index (χ3v) is 14.4. The highest BCUT2D eigenvalue weighted by molar-refractivity contribution is 6.03. The molecule has 3 aliphatic carbocycles. The Labute approximate surface area is 384 Å². The van der Waals surface area contributed by atoms with E-state index in [0.29, 0.717) is 5.92 Å². The highest BCUT2D eigenvalue weighted by Gasteiger charge is 2.52. The van der Waals surface area contributed by atoms with Crippen molar-refractivity contribution < 1.29 is 9.47 Å². The zero-order valence-electron chi connectivity index (χ0n) is 36.3. The molecule has 0 saturated carbocycles. The Bertz CT molecular complexity index is 3540. The van der Waals surface area contributed by atoms with Crippen molar-refractivity contribution in [2.75, 3.05) is 9.80 Å². The minimum atomic E-state index is -0.523. The SMILES string of the molecule is C[C@@H]1CC=CC2=C1Oc1ccccc1N2c1cccc2c(/C=C/c3ccc4c(c3)C3(c5ccccc5-c5ccccc53)c3cc(N5c6ccccc6Oc6ccccc65)ccc3-4)cccc12. The Balaban J connectivity index is 0.920. The minimum absolute atomic E-state index is 0.293. The number of benzene rings is 9. The van der Waals surface area contributed by atoms with Crippen molar-refractivity contribution in [2.24, 2.45) is 5.92 Å². The van der Waals surface area contributed by atoms with Crippen molar-refractivity contribution in [3.8, 4) is 39.5 Å². The Morgan fingerprint density at radius 2 is 1.03 bits per heavy atom. The number of fused-ring (bicyclic) bond motifs is 14. The zero-order valence-corrected chi connectivity index (χ0v) is 36.3. The van der Waals surface area contributed by atoms with Crippen LogP contribution >= 0.6 is 0 Å². The first-order valence-electron chi connectivity index (χ1n) is 23.0. The summed E-state index contributed by atoms with van der Waals surface area (Å²) in [7, 11) is 0. The standard InChI is InChI=1S/C62H42N2O2/c1-39-15-12-27-57-61(39)66-60-30-11-8-25-56(60)64(57)53-26-14-19-43-41(16-13-20-48(43)53)33-31-40-32-35-46-47-36-34-42(63-54-23-6-9-28-58(54)65-59-29-10-7-24-55(59)63)38-52(47)62(51(46)37-40)49-21-4-2-17-44(49)45-18-3-5-22-50(45)62/h2-14,16-39H,15H2,1H3/b33-31+/t39-/m1/s1. The Morgan fingerprint density at radius 3 is 1.76 bits per heavy atom. The summed E-state index contributed by atoms with van der Waals surface area (Å²) >= 11 is 0. The van der Waals surface area contributed by atoms with Crippen molar-refractivity contribution in [3.63, 3.8) is 0 Å². The van der Waals surface area contributed by atoms with Crippen molar-refractivity contribution in [1.82, 2.24) is 0 Å². The molecular weight excluding hydrogens is 805 g/mol. The van der Waals surface area contributed by atoms with Gasteiger partial charge in [-0.05, 0) is 134 Å². The van der Waals surface area contributed by atoms with Crippen LogP contribution < -0.4 is 19.3 Å². The van der Waals surface area contributed by atoms with Crippen LogP contribution in [0.1, 0.15) is 46.7 Å². The lowest BCUT2D eigenvalue weighted by Gasteiger charge is -2.37. The number of anilines is 5. The molecule has 0 saturated heterocycles. The van der Waals surface area contributed by atoms with Crippen molar-refractivity contribution in [3.05, 3.63) is 251 Å². The summed E-state index contributed by atoms with van der Waals surface area (Å²) < 4.78 is 13.0. The van der Waals surface area contributed by atoms with Gasteiger partial charge in [-0.15, -0.1) is 0 Å². The van der Waals surface area contributed by atoms with Gasteiger partial charge in [0.15, 0.2) is 17.2 Å². The molecule has 0 radical (unpaired) electrons. The van der Waals surface area contributed by atoms with E-state index in [1.165, 1.54) is 60.8 Å². The third-order valence-electron chi connectivity index (χ3n) is 14.4. The fourth-order valence-electron chi connectivity index (χ4n) is 11.6. The smallest absolute Gasteiger partial charge is 0.151 e. The molecule has 1 spiro atoms. The van der Waals surface area contributed by atoms with Crippen LogP contribution in [0.2, 0.25) is 0 Å². The average Bonchev–Trinajstić information content (AvgIpc) is 3.83. The van der Waals surface area contributed by atoms with Crippen LogP contribution in [-0.2, 0) is 5.41 Å². The van der Waals surface area contributed by atoms with Gasteiger partial charge < -0.3 is 19.3 Å². The maximum atomic E-state index is 6.58. The van der Waals surface area contributed by atoms with E-state index in [4.69, 9.17) is 9.47 Å². The van der Waals surface area contributed by atoms with Crippen LogP contribution in [0.25, 0.3) is 45.2 Å². The number of para-hydroxylation sites is 6. The van der Waals surface area contributed by atoms with Crippen LogP contribution in [0.15, 0.2) is 218 Å². The van der Waals surface area contributed by atoms with Gasteiger partial charge in [-0.1, -0.05) is 159 Å². The lowest BCUT2D eigenvalue weighted by molar-refractivity contribution is 0.342. The van der Waals surface area contributed by atoms with Gasteiger partial charge in [-0.25, -0.2) is 0 Å². The van der Waals surface area contributed by atoms with Crippen LogP contribution in [0.5, 0.6) is 17.2 Å². The number of ether oxygens (including phenoxy) is 2. The first kappa shape index (κ1) is 37.1. The monoisotopic (exact) mass is 846 g/mol. The summed E-state index contributed by atoms with van der Waals surface area (Å²) in [5, 5.41) is 2.39. The van der Waals surface area contributed by atoms with Gasteiger partial charge in [0.2, 0.25) is 0 Å². The van der Waals surface area contributed by atoms with Crippen molar-refractivity contribution in [1.29, 1.82) is 0 Å². The Morgan fingerprint density at radius 1 is 0.470 bits per heavy atom. The van der Waals surface area contributed by atoms with E-state index in [-0.39, 0.29) is 0 Å². The van der Waals surface area contributed by atoms with E-state index in [0.717, 1.165) is 69.1 Å². The summed E-state index contributed by atoms with van der Waals surface area (Å²) in [5.41, 5.74) is 18.6. The summed E-state index contributed by atoms with van der Waals surface area (Å²) in [5.74, 6) is 3.91. The molecule has 66 heavy (non-hydrogen) atoms. The van der Waals surface area contributed by atoms with Gasteiger partial charge in [-0.3, -0.25) is 0 Å². The van der Waals surface area contributed by atoms with Gasteiger partial charge >= 0.3 is 0 Å². The van der Waals surface area contributed by atoms with E-state index in [1.807, 2.05) is 12.1 Å². The predicted molar refractivity (Wildman–Crippen MR) is 270 cm³/mol. The lowest BCUT2D eigenvalue weighted by atomic mass is 9.70. The molecule has 4 nitrogen and oxygen atoms in total. The zero-order chi connectivity index (χ0) is 43.5. The summed E-state index contributed by atoms with van der Waals surface area (Å²) in [4.78, 5) is 4.76. The molecule has 9 aromatic rings.